The first-order valence-corrected chi connectivity index (χ1v) is 4.60. The molecular formula is C10H14N2. The molecule has 2 nitrogen and oxygen atoms in total. The number of nitrogens with one attached hydrogen (secondary N) is 1. The van der Waals surface area contributed by atoms with E-state index in [9.17, 15) is 0 Å². The zero-order chi connectivity index (χ0) is 8.39. The molecule has 0 saturated heterocycles. The molecule has 1 aliphatic rings. The average Bonchev–Trinajstić information content (AvgIpc) is 2.17. The summed E-state index contributed by atoms with van der Waals surface area (Å²) in [6, 6.07) is 4.79. The topological polar surface area (TPSA) is 24.9 Å². The summed E-state index contributed by atoms with van der Waals surface area (Å²) in [5.74, 6) is 1.09. The van der Waals surface area contributed by atoms with Crippen LogP contribution in [0.3, 0.4) is 0 Å². The fraction of sp³-hybridized carbons (Fsp3) is 0.500. The van der Waals surface area contributed by atoms with Crippen molar-refractivity contribution in [1.82, 2.24) is 4.98 Å². The molecule has 0 aliphatic carbocycles. The van der Waals surface area contributed by atoms with Gasteiger partial charge in [-0.1, -0.05) is 13.0 Å². The maximum absolute atomic E-state index is 4.31. The zero-order valence-corrected chi connectivity index (χ0v) is 7.38. The maximum atomic E-state index is 4.31. The molecule has 0 aromatic carbocycles. The molecule has 2 heterocycles. The van der Waals surface area contributed by atoms with E-state index in [1.807, 2.05) is 12.3 Å². The van der Waals surface area contributed by atoms with Gasteiger partial charge in [0.25, 0.3) is 0 Å². The van der Waals surface area contributed by atoms with Crippen molar-refractivity contribution in [2.45, 2.75) is 32.2 Å². The average molecular weight is 162 g/mol. The van der Waals surface area contributed by atoms with E-state index in [4.69, 9.17) is 0 Å². The lowest BCUT2D eigenvalue weighted by atomic mass is 10.00. The van der Waals surface area contributed by atoms with Crippen molar-refractivity contribution in [3.63, 3.8) is 0 Å². The van der Waals surface area contributed by atoms with Crippen molar-refractivity contribution in [2.75, 3.05) is 5.32 Å². The predicted molar refractivity (Wildman–Crippen MR) is 50.3 cm³/mol. The van der Waals surface area contributed by atoms with Gasteiger partial charge in [-0.3, -0.25) is 0 Å². The molecule has 0 spiro atoms. The third kappa shape index (κ3) is 1.29. The van der Waals surface area contributed by atoms with Gasteiger partial charge in [0.2, 0.25) is 0 Å². The number of aromatic nitrogens is 1. The molecular weight excluding hydrogens is 148 g/mol. The minimum Gasteiger partial charge on any atom is -0.367 e. The number of aryl methyl sites for hydroxylation is 1. The molecule has 0 fully saturated rings. The molecule has 1 N–H and O–H groups in total. The van der Waals surface area contributed by atoms with Gasteiger partial charge in [-0.2, -0.15) is 0 Å². The largest absolute Gasteiger partial charge is 0.367 e. The number of nitrogens with zero attached hydrogens (tertiary/aromatic N) is 1. The monoisotopic (exact) mass is 162 g/mol. The summed E-state index contributed by atoms with van der Waals surface area (Å²) in [5.41, 5.74) is 1.36. The number of fused-ring (bicyclic) bond motifs is 1. The molecule has 2 heteroatoms. The highest BCUT2D eigenvalue weighted by Crippen LogP contribution is 2.22. The van der Waals surface area contributed by atoms with Crippen LogP contribution < -0.4 is 5.32 Å². The SMILES string of the molecule is CC[C@@H]1CCc2cccnc2N1. The van der Waals surface area contributed by atoms with Crippen LogP contribution >= 0.6 is 0 Å². The quantitative estimate of drug-likeness (QED) is 0.685. The Morgan fingerprint density at radius 2 is 2.58 bits per heavy atom. The smallest absolute Gasteiger partial charge is 0.129 e. The summed E-state index contributed by atoms with van der Waals surface area (Å²) in [6.45, 7) is 2.21. The van der Waals surface area contributed by atoms with Crippen LogP contribution in [0, 0.1) is 0 Å². The lowest BCUT2D eigenvalue weighted by Crippen LogP contribution is -2.25. The molecule has 0 amide bonds. The summed E-state index contributed by atoms with van der Waals surface area (Å²) < 4.78 is 0. The Balaban J connectivity index is 2.23. The van der Waals surface area contributed by atoms with Crippen LogP contribution in [0.4, 0.5) is 5.82 Å². The molecule has 1 atom stereocenters. The molecule has 0 saturated carbocycles. The third-order valence-electron chi connectivity index (χ3n) is 2.49. The Bertz CT molecular complexity index is 270. The normalized spacial score (nSPS) is 21.2. The van der Waals surface area contributed by atoms with Crippen LogP contribution in [0.25, 0.3) is 0 Å². The fourth-order valence-corrected chi connectivity index (χ4v) is 1.67. The van der Waals surface area contributed by atoms with Gasteiger partial charge >= 0.3 is 0 Å². The molecule has 0 radical (unpaired) electrons. The van der Waals surface area contributed by atoms with Gasteiger partial charge in [0.15, 0.2) is 0 Å². The number of rotatable bonds is 1. The Morgan fingerprint density at radius 3 is 3.42 bits per heavy atom. The Hall–Kier alpha value is -1.05. The van der Waals surface area contributed by atoms with E-state index in [2.05, 4.69) is 23.3 Å². The summed E-state index contributed by atoms with van der Waals surface area (Å²) in [4.78, 5) is 4.31. The Labute approximate surface area is 73.0 Å². The van der Waals surface area contributed by atoms with E-state index in [1.165, 1.54) is 24.8 Å². The van der Waals surface area contributed by atoms with E-state index in [-0.39, 0.29) is 0 Å². The van der Waals surface area contributed by atoms with E-state index < -0.39 is 0 Å². The number of anilines is 1. The zero-order valence-electron chi connectivity index (χ0n) is 7.38. The fourth-order valence-electron chi connectivity index (χ4n) is 1.67. The Morgan fingerprint density at radius 1 is 1.67 bits per heavy atom. The van der Waals surface area contributed by atoms with Crippen LogP contribution in [-0.4, -0.2) is 11.0 Å². The van der Waals surface area contributed by atoms with Gasteiger partial charge < -0.3 is 5.32 Å². The van der Waals surface area contributed by atoms with Crippen LogP contribution in [-0.2, 0) is 6.42 Å². The molecule has 1 aromatic heterocycles. The first-order chi connectivity index (χ1) is 5.90. The first-order valence-electron chi connectivity index (χ1n) is 4.60. The van der Waals surface area contributed by atoms with Crippen LogP contribution in [0.1, 0.15) is 25.3 Å². The molecule has 2 rings (SSSR count). The lowest BCUT2D eigenvalue weighted by molar-refractivity contribution is 0.609. The molecule has 0 bridgehead atoms. The lowest BCUT2D eigenvalue weighted by Gasteiger charge is -2.24. The summed E-state index contributed by atoms with van der Waals surface area (Å²) in [7, 11) is 0. The summed E-state index contributed by atoms with van der Waals surface area (Å²) in [5, 5.41) is 3.44. The highest BCUT2D eigenvalue weighted by atomic mass is 15.0. The van der Waals surface area contributed by atoms with E-state index in [0.29, 0.717) is 6.04 Å². The van der Waals surface area contributed by atoms with Crippen molar-refractivity contribution in [2.24, 2.45) is 0 Å². The van der Waals surface area contributed by atoms with Gasteiger partial charge in [0.05, 0.1) is 0 Å². The predicted octanol–water partition coefficient (Wildman–Crippen LogP) is 2.22. The number of pyridine rings is 1. The second kappa shape index (κ2) is 3.13. The van der Waals surface area contributed by atoms with Crippen molar-refractivity contribution in [3.05, 3.63) is 23.9 Å². The van der Waals surface area contributed by atoms with E-state index in [1.54, 1.807) is 0 Å². The molecule has 1 aromatic rings. The van der Waals surface area contributed by atoms with Crippen LogP contribution in [0.15, 0.2) is 18.3 Å². The number of hydrogen-bond acceptors (Lipinski definition) is 2. The van der Waals surface area contributed by atoms with Crippen molar-refractivity contribution < 1.29 is 0 Å². The summed E-state index contributed by atoms with van der Waals surface area (Å²) in [6.07, 6.45) is 5.46. The van der Waals surface area contributed by atoms with Gasteiger partial charge in [-0.05, 0) is 30.9 Å². The van der Waals surface area contributed by atoms with Crippen LogP contribution in [0.2, 0.25) is 0 Å². The Kier molecular flexibility index (Phi) is 1.98. The standard InChI is InChI=1S/C10H14N2/c1-2-9-6-5-8-4-3-7-11-10(8)12-9/h3-4,7,9H,2,5-6H2,1H3,(H,11,12)/t9-/m1/s1. The molecule has 0 unspecified atom stereocenters. The van der Waals surface area contributed by atoms with Crippen molar-refractivity contribution in [3.8, 4) is 0 Å². The van der Waals surface area contributed by atoms with Crippen LogP contribution in [0.5, 0.6) is 0 Å². The number of hydrogen-bond donors (Lipinski definition) is 1. The van der Waals surface area contributed by atoms with Crippen molar-refractivity contribution in [1.29, 1.82) is 0 Å². The third-order valence-corrected chi connectivity index (χ3v) is 2.49. The second-order valence-corrected chi connectivity index (χ2v) is 3.30. The first kappa shape index (κ1) is 7.59. The van der Waals surface area contributed by atoms with Gasteiger partial charge in [-0.25, -0.2) is 4.98 Å². The minimum absolute atomic E-state index is 0.632. The highest BCUT2D eigenvalue weighted by molar-refractivity contribution is 5.46. The molecule has 64 valence electrons. The maximum Gasteiger partial charge on any atom is 0.129 e. The highest BCUT2D eigenvalue weighted by Gasteiger charge is 2.15. The van der Waals surface area contributed by atoms with Gasteiger partial charge in [0, 0.05) is 12.2 Å². The van der Waals surface area contributed by atoms with Crippen molar-refractivity contribution >= 4 is 5.82 Å². The second-order valence-electron chi connectivity index (χ2n) is 3.30. The van der Waals surface area contributed by atoms with Gasteiger partial charge in [0.1, 0.15) is 5.82 Å². The van der Waals surface area contributed by atoms with E-state index >= 15 is 0 Å². The van der Waals surface area contributed by atoms with Gasteiger partial charge in [-0.15, -0.1) is 0 Å². The molecule has 1 aliphatic heterocycles. The van der Waals surface area contributed by atoms with E-state index in [0.717, 1.165) is 5.82 Å². The summed E-state index contributed by atoms with van der Waals surface area (Å²) >= 11 is 0. The molecule has 12 heavy (non-hydrogen) atoms. The minimum atomic E-state index is 0.632.